The minimum Gasteiger partial charge on any atom is -0.488 e. The lowest BCUT2D eigenvalue weighted by Gasteiger charge is -2.07. The van der Waals surface area contributed by atoms with Gasteiger partial charge < -0.3 is 4.74 Å². The molecule has 0 saturated carbocycles. The van der Waals surface area contributed by atoms with Crippen molar-refractivity contribution in [2.75, 3.05) is 0 Å². The number of para-hydroxylation sites is 1. The Bertz CT molecular complexity index is 615. The second kappa shape index (κ2) is 6.13. The highest BCUT2D eigenvalue weighted by molar-refractivity contribution is 5.47. The van der Waals surface area contributed by atoms with E-state index in [-0.39, 0.29) is 0 Å². The van der Waals surface area contributed by atoms with Crippen LogP contribution in [0.1, 0.15) is 11.1 Å². The van der Waals surface area contributed by atoms with E-state index in [9.17, 15) is 0 Å². The molecule has 2 aromatic carbocycles. The Morgan fingerprint density at radius 3 is 2.44 bits per heavy atom. The number of ether oxygens (including phenoxy) is 1. The molecular weight excluding hydrogens is 222 g/mol. The normalized spacial score (nSPS) is 8.83. The lowest BCUT2D eigenvalue weighted by molar-refractivity contribution is 0.305. The largest absolute Gasteiger partial charge is 0.488 e. The van der Waals surface area contributed by atoms with Gasteiger partial charge in [-0.15, -0.1) is 0 Å². The smallest absolute Gasteiger partial charge is 0.152 e. The predicted octanol–water partition coefficient (Wildman–Crippen LogP) is 3.14. The third kappa shape index (κ3) is 3.14. The quantitative estimate of drug-likeness (QED) is 0.763. The van der Waals surface area contributed by atoms with Crippen molar-refractivity contribution in [1.82, 2.24) is 0 Å². The van der Waals surface area contributed by atoms with E-state index < -0.39 is 0 Å². The van der Waals surface area contributed by atoms with Crippen molar-refractivity contribution in [2.45, 2.75) is 6.61 Å². The van der Waals surface area contributed by atoms with Crippen LogP contribution < -0.4 is 4.74 Å². The second-order valence-corrected chi connectivity index (χ2v) is 3.63. The molecule has 0 aliphatic carbocycles. The maximum Gasteiger partial charge on any atom is 0.152 e. The first-order valence-corrected chi connectivity index (χ1v) is 5.56. The zero-order valence-electron chi connectivity index (χ0n) is 9.76. The van der Waals surface area contributed by atoms with Gasteiger partial charge in [-0.2, -0.15) is 5.26 Å². The van der Waals surface area contributed by atoms with Gasteiger partial charge in [-0.25, -0.2) is 0 Å². The summed E-state index contributed by atoms with van der Waals surface area (Å²) >= 11 is 0. The molecule has 0 fully saturated rings. The van der Waals surface area contributed by atoms with Crippen molar-refractivity contribution in [3.8, 4) is 23.7 Å². The van der Waals surface area contributed by atoms with Crippen LogP contribution in [-0.4, -0.2) is 0 Å². The van der Waals surface area contributed by atoms with Crippen LogP contribution in [0.15, 0.2) is 54.6 Å². The summed E-state index contributed by atoms with van der Waals surface area (Å²) in [7, 11) is 0. The maximum atomic E-state index is 8.46. The van der Waals surface area contributed by atoms with Crippen LogP contribution in [-0.2, 0) is 6.61 Å². The van der Waals surface area contributed by atoms with Crippen molar-refractivity contribution in [3.63, 3.8) is 0 Å². The van der Waals surface area contributed by atoms with E-state index >= 15 is 0 Å². The summed E-state index contributed by atoms with van der Waals surface area (Å²) < 4.78 is 5.71. The number of rotatable bonds is 3. The van der Waals surface area contributed by atoms with Crippen molar-refractivity contribution >= 4 is 0 Å². The molecule has 0 N–H and O–H groups in total. The molecule has 2 nitrogen and oxygen atoms in total. The summed E-state index contributed by atoms with van der Waals surface area (Å²) in [6.07, 6.45) is 0. The van der Waals surface area contributed by atoms with Gasteiger partial charge >= 0.3 is 0 Å². The first-order chi connectivity index (χ1) is 8.90. The molecule has 0 radical (unpaired) electrons. The molecule has 0 aromatic heterocycles. The van der Waals surface area contributed by atoms with Gasteiger partial charge in [0, 0.05) is 5.92 Å². The van der Waals surface area contributed by atoms with Gasteiger partial charge in [-0.1, -0.05) is 42.5 Å². The summed E-state index contributed by atoms with van der Waals surface area (Å²) in [5, 5.41) is 8.46. The van der Waals surface area contributed by atoms with E-state index in [4.69, 9.17) is 10.00 Å². The van der Waals surface area contributed by atoms with Crippen LogP contribution in [0.2, 0.25) is 0 Å². The highest BCUT2D eigenvalue weighted by Gasteiger charge is 2.00. The summed E-state index contributed by atoms with van der Waals surface area (Å²) in [6, 6.07) is 19.2. The summed E-state index contributed by atoms with van der Waals surface area (Å²) in [4.78, 5) is 0. The fraction of sp³-hybridized carbons (Fsp3) is 0.0625. The molecule has 2 rings (SSSR count). The number of nitrogens with zero attached hydrogens (tertiary/aromatic N) is 1. The van der Waals surface area contributed by atoms with Crippen LogP contribution in [0.4, 0.5) is 0 Å². The van der Waals surface area contributed by atoms with Gasteiger partial charge in [0.15, 0.2) is 6.07 Å². The van der Waals surface area contributed by atoms with Crippen molar-refractivity contribution in [3.05, 3.63) is 65.7 Å². The molecule has 0 aliphatic rings. The molecule has 0 bridgehead atoms. The van der Waals surface area contributed by atoms with E-state index in [1.54, 1.807) is 6.07 Å². The molecule has 2 heteroatoms. The lowest BCUT2D eigenvalue weighted by atomic mass is 10.2. The van der Waals surface area contributed by atoms with Gasteiger partial charge in [0.05, 0.1) is 5.56 Å². The Balaban J connectivity index is 2.13. The zero-order chi connectivity index (χ0) is 12.6. The van der Waals surface area contributed by atoms with Gasteiger partial charge in [0.25, 0.3) is 0 Å². The number of benzene rings is 2. The zero-order valence-corrected chi connectivity index (χ0v) is 9.76. The Hall–Kier alpha value is -2.71. The predicted molar refractivity (Wildman–Crippen MR) is 69.7 cm³/mol. The molecule has 0 spiro atoms. The average molecular weight is 233 g/mol. The van der Waals surface area contributed by atoms with E-state index in [1.165, 1.54) is 0 Å². The first-order valence-electron chi connectivity index (χ1n) is 5.56. The molecule has 86 valence electrons. The molecule has 0 unspecified atom stereocenters. The summed E-state index contributed by atoms with van der Waals surface area (Å²) in [5.74, 6) is 5.84. The SMILES string of the molecule is N#CC#Cc1ccccc1OCc1ccccc1. The van der Waals surface area contributed by atoms with Crippen LogP contribution >= 0.6 is 0 Å². The van der Waals surface area contributed by atoms with Crippen molar-refractivity contribution in [1.29, 1.82) is 5.26 Å². The third-order valence-corrected chi connectivity index (χ3v) is 2.38. The van der Waals surface area contributed by atoms with Crippen molar-refractivity contribution in [2.24, 2.45) is 0 Å². The molecule has 2 aromatic rings. The van der Waals surface area contributed by atoms with Gasteiger partial charge in [-0.3, -0.25) is 0 Å². The Kier molecular flexibility index (Phi) is 4.01. The summed E-state index contributed by atoms with van der Waals surface area (Å²) in [6.45, 7) is 0.492. The van der Waals surface area contributed by atoms with Gasteiger partial charge in [-0.05, 0) is 23.6 Å². The van der Waals surface area contributed by atoms with Gasteiger partial charge in [0.2, 0.25) is 0 Å². The first kappa shape index (κ1) is 11.8. The maximum absolute atomic E-state index is 8.46. The molecule has 0 heterocycles. The van der Waals surface area contributed by atoms with E-state index in [1.807, 2.05) is 54.6 Å². The summed E-state index contributed by atoms with van der Waals surface area (Å²) in [5.41, 5.74) is 1.83. The molecule has 0 amide bonds. The Labute approximate surface area is 106 Å². The molecule has 0 atom stereocenters. The monoisotopic (exact) mass is 233 g/mol. The number of hydrogen-bond acceptors (Lipinski definition) is 2. The highest BCUT2D eigenvalue weighted by Crippen LogP contribution is 2.18. The Morgan fingerprint density at radius 1 is 0.944 bits per heavy atom. The number of nitriles is 1. The topological polar surface area (TPSA) is 33.0 Å². The fourth-order valence-electron chi connectivity index (χ4n) is 1.53. The van der Waals surface area contributed by atoms with Crippen LogP contribution in [0, 0.1) is 23.2 Å². The molecular formula is C16H11NO. The number of hydrogen-bond donors (Lipinski definition) is 0. The minimum absolute atomic E-state index is 0.492. The van der Waals surface area contributed by atoms with Crippen LogP contribution in [0.5, 0.6) is 5.75 Å². The highest BCUT2D eigenvalue weighted by atomic mass is 16.5. The molecule has 0 saturated heterocycles. The Morgan fingerprint density at radius 2 is 1.67 bits per heavy atom. The van der Waals surface area contributed by atoms with E-state index in [0.717, 1.165) is 11.1 Å². The fourth-order valence-corrected chi connectivity index (χ4v) is 1.53. The lowest BCUT2D eigenvalue weighted by Crippen LogP contribution is -1.96. The molecule has 0 aliphatic heterocycles. The van der Waals surface area contributed by atoms with E-state index in [0.29, 0.717) is 12.4 Å². The van der Waals surface area contributed by atoms with E-state index in [2.05, 4.69) is 11.8 Å². The minimum atomic E-state index is 0.492. The molecule has 18 heavy (non-hydrogen) atoms. The van der Waals surface area contributed by atoms with Crippen LogP contribution in [0.3, 0.4) is 0 Å². The third-order valence-electron chi connectivity index (χ3n) is 2.38. The standard InChI is InChI=1S/C16H11NO/c17-12-6-10-15-9-4-5-11-16(15)18-13-14-7-2-1-3-8-14/h1-5,7-9,11H,13H2. The van der Waals surface area contributed by atoms with Gasteiger partial charge in [0.1, 0.15) is 12.4 Å². The van der Waals surface area contributed by atoms with Crippen LogP contribution in [0.25, 0.3) is 0 Å². The van der Waals surface area contributed by atoms with Crippen molar-refractivity contribution < 1.29 is 4.74 Å². The second-order valence-electron chi connectivity index (χ2n) is 3.63. The average Bonchev–Trinajstić information content (AvgIpc) is 2.45.